The molecule has 0 aromatic carbocycles. The van der Waals surface area contributed by atoms with Crippen LogP contribution in [0.5, 0.6) is 0 Å². The smallest absolute Gasteiger partial charge is 0.0357 e. The van der Waals surface area contributed by atoms with Gasteiger partial charge < -0.3 is 0 Å². The maximum atomic E-state index is 4.26. The second-order valence-electron chi connectivity index (χ2n) is 6.54. The predicted octanol–water partition coefficient (Wildman–Crippen LogP) is 5.96. The monoisotopic (exact) mass is 288 g/mol. The molecule has 0 aromatic rings. The van der Waals surface area contributed by atoms with Crippen molar-refractivity contribution in [2.75, 3.05) is 0 Å². The van der Waals surface area contributed by atoms with Gasteiger partial charge in [0.1, 0.15) is 0 Å². The number of alkyl halides is 1. The quantitative estimate of drug-likeness (QED) is 0.401. The van der Waals surface area contributed by atoms with Gasteiger partial charge in [0, 0.05) is 4.83 Å². The molecular formula is C15H29Br. The van der Waals surface area contributed by atoms with Gasteiger partial charge in [-0.3, -0.25) is 0 Å². The molecule has 16 heavy (non-hydrogen) atoms. The fourth-order valence-electron chi connectivity index (χ4n) is 1.62. The Balaban J connectivity index is 4.30. The van der Waals surface area contributed by atoms with Crippen molar-refractivity contribution in [2.45, 2.75) is 72.1 Å². The molecule has 96 valence electrons. The van der Waals surface area contributed by atoms with Crippen molar-refractivity contribution < 1.29 is 0 Å². The van der Waals surface area contributed by atoms with Crippen molar-refractivity contribution in [3.05, 3.63) is 12.2 Å². The number of halogens is 1. The highest BCUT2D eigenvalue weighted by Crippen LogP contribution is 2.36. The van der Waals surface area contributed by atoms with Gasteiger partial charge >= 0.3 is 0 Å². The summed E-state index contributed by atoms with van der Waals surface area (Å²) in [6.07, 6.45) is 4.74. The summed E-state index contributed by atoms with van der Waals surface area (Å²) in [7, 11) is 0. The molecule has 0 aliphatic carbocycles. The van der Waals surface area contributed by atoms with Crippen LogP contribution in [0.15, 0.2) is 12.2 Å². The van der Waals surface area contributed by atoms with Crippen molar-refractivity contribution in [3.8, 4) is 0 Å². The average molecular weight is 289 g/mol. The van der Waals surface area contributed by atoms with E-state index in [1.807, 2.05) is 0 Å². The van der Waals surface area contributed by atoms with Gasteiger partial charge in [-0.1, -0.05) is 82.5 Å². The molecule has 0 radical (unpaired) electrons. The van der Waals surface area contributed by atoms with Crippen LogP contribution in [0, 0.1) is 10.8 Å². The molecule has 1 atom stereocenters. The number of rotatable bonds is 7. The third-order valence-electron chi connectivity index (χ3n) is 3.79. The lowest BCUT2D eigenvalue weighted by Gasteiger charge is -2.30. The first-order valence-corrected chi connectivity index (χ1v) is 7.37. The molecule has 0 bridgehead atoms. The minimum absolute atomic E-state index is 0.388. The first-order valence-electron chi connectivity index (χ1n) is 6.45. The highest BCUT2D eigenvalue weighted by Gasteiger charge is 2.24. The summed E-state index contributed by atoms with van der Waals surface area (Å²) in [6.45, 7) is 18.1. The molecule has 0 aromatic heterocycles. The number of hydrogen-bond donors (Lipinski definition) is 0. The summed E-state index contributed by atoms with van der Waals surface area (Å²) in [5.41, 5.74) is 2.15. The SMILES string of the molecule is C=C(CC(C)(C)CC)C(Br)CC(C)(C)CC. The average Bonchev–Trinajstić information content (AvgIpc) is 2.16. The molecule has 0 aliphatic heterocycles. The van der Waals surface area contributed by atoms with E-state index in [-0.39, 0.29) is 0 Å². The fraction of sp³-hybridized carbons (Fsp3) is 0.867. The molecule has 0 nitrogen and oxygen atoms in total. The molecule has 0 rings (SSSR count). The van der Waals surface area contributed by atoms with Crippen molar-refractivity contribution in [1.82, 2.24) is 0 Å². The second-order valence-corrected chi connectivity index (χ2v) is 7.65. The van der Waals surface area contributed by atoms with Crippen LogP contribution in [-0.2, 0) is 0 Å². The van der Waals surface area contributed by atoms with Gasteiger partial charge in [-0.15, -0.1) is 0 Å². The third kappa shape index (κ3) is 6.08. The summed E-state index contributed by atoms with van der Waals surface area (Å²) >= 11 is 3.80. The Morgan fingerprint density at radius 3 is 1.88 bits per heavy atom. The molecule has 1 unspecified atom stereocenters. The lowest BCUT2D eigenvalue weighted by atomic mass is 9.79. The maximum absolute atomic E-state index is 4.26. The van der Waals surface area contributed by atoms with E-state index in [1.54, 1.807) is 0 Å². The van der Waals surface area contributed by atoms with Crippen LogP contribution in [0.4, 0.5) is 0 Å². The van der Waals surface area contributed by atoms with Gasteiger partial charge in [-0.25, -0.2) is 0 Å². The molecular weight excluding hydrogens is 260 g/mol. The standard InChI is InChI=1S/C15H29Br/c1-8-14(4,5)10-12(3)13(16)11-15(6,7)9-2/h13H,3,8-11H2,1-2,4-7H3. The molecule has 0 N–H and O–H groups in total. The van der Waals surface area contributed by atoms with Crippen molar-refractivity contribution in [1.29, 1.82) is 0 Å². The van der Waals surface area contributed by atoms with E-state index in [1.165, 1.54) is 24.8 Å². The zero-order valence-corrected chi connectivity index (χ0v) is 13.6. The third-order valence-corrected chi connectivity index (χ3v) is 4.77. The van der Waals surface area contributed by atoms with Crippen molar-refractivity contribution in [2.24, 2.45) is 10.8 Å². The Morgan fingerprint density at radius 1 is 1.06 bits per heavy atom. The molecule has 0 fully saturated rings. The Hall–Kier alpha value is 0.220. The Morgan fingerprint density at radius 2 is 1.50 bits per heavy atom. The van der Waals surface area contributed by atoms with Gasteiger partial charge in [0.25, 0.3) is 0 Å². The van der Waals surface area contributed by atoms with E-state index in [2.05, 4.69) is 64.1 Å². The summed E-state index contributed by atoms with van der Waals surface area (Å²) in [5, 5.41) is 0. The first-order chi connectivity index (χ1) is 7.13. The van der Waals surface area contributed by atoms with E-state index >= 15 is 0 Å². The first kappa shape index (κ1) is 16.2. The normalized spacial score (nSPS) is 14.9. The molecule has 1 heteroatoms. The highest BCUT2D eigenvalue weighted by molar-refractivity contribution is 9.09. The predicted molar refractivity (Wildman–Crippen MR) is 79.2 cm³/mol. The van der Waals surface area contributed by atoms with Gasteiger partial charge in [0.2, 0.25) is 0 Å². The zero-order valence-electron chi connectivity index (χ0n) is 12.0. The summed E-state index contributed by atoms with van der Waals surface area (Å²) in [4.78, 5) is 0.466. The van der Waals surface area contributed by atoms with Crippen LogP contribution in [-0.4, -0.2) is 4.83 Å². The molecule has 0 spiro atoms. The van der Waals surface area contributed by atoms with E-state index in [9.17, 15) is 0 Å². The van der Waals surface area contributed by atoms with Gasteiger partial charge in [0.15, 0.2) is 0 Å². The highest BCUT2D eigenvalue weighted by atomic mass is 79.9. The fourth-order valence-corrected chi connectivity index (χ4v) is 2.66. The zero-order chi connectivity index (χ0) is 13.0. The number of hydrogen-bond acceptors (Lipinski definition) is 0. The van der Waals surface area contributed by atoms with Crippen LogP contribution >= 0.6 is 15.9 Å². The van der Waals surface area contributed by atoms with Gasteiger partial charge in [-0.05, 0) is 23.7 Å². The van der Waals surface area contributed by atoms with E-state index in [4.69, 9.17) is 0 Å². The molecule has 0 amide bonds. The largest absolute Gasteiger partial charge is 0.0987 e. The summed E-state index contributed by atoms with van der Waals surface area (Å²) < 4.78 is 0. The maximum Gasteiger partial charge on any atom is 0.0357 e. The Labute approximate surface area is 111 Å². The lowest BCUT2D eigenvalue weighted by molar-refractivity contribution is 0.311. The van der Waals surface area contributed by atoms with Crippen LogP contribution < -0.4 is 0 Å². The molecule has 0 heterocycles. The summed E-state index contributed by atoms with van der Waals surface area (Å²) in [5.74, 6) is 0. The lowest BCUT2D eigenvalue weighted by Crippen LogP contribution is -2.20. The van der Waals surface area contributed by atoms with Crippen LogP contribution in [0.25, 0.3) is 0 Å². The minimum Gasteiger partial charge on any atom is -0.0987 e. The van der Waals surface area contributed by atoms with Crippen molar-refractivity contribution in [3.63, 3.8) is 0 Å². The topological polar surface area (TPSA) is 0 Å². The van der Waals surface area contributed by atoms with Gasteiger partial charge in [-0.2, -0.15) is 0 Å². The van der Waals surface area contributed by atoms with E-state index < -0.39 is 0 Å². The Bertz CT molecular complexity index is 226. The second kappa shape index (κ2) is 6.23. The van der Waals surface area contributed by atoms with Crippen LogP contribution in [0.2, 0.25) is 0 Å². The van der Waals surface area contributed by atoms with Gasteiger partial charge in [0.05, 0.1) is 0 Å². The minimum atomic E-state index is 0.388. The molecule has 0 saturated heterocycles. The molecule has 0 saturated carbocycles. The van der Waals surface area contributed by atoms with E-state index in [0.29, 0.717) is 15.7 Å². The van der Waals surface area contributed by atoms with Crippen LogP contribution in [0.3, 0.4) is 0 Å². The van der Waals surface area contributed by atoms with Crippen LogP contribution in [0.1, 0.15) is 67.2 Å². The Kier molecular flexibility index (Phi) is 6.32. The molecule has 0 aliphatic rings. The number of allylic oxidation sites excluding steroid dienone is 1. The van der Waals surface area contributed by atoms with Crippen molar-refractivity contribution >= 4 is 15.9 Å². The summed E-state index contributed by atoms with van der Waals surface area (Å²) in [6, 6.07) is 0. The van der Waals surface area contributed by atoms with E-state index in [0.717, 1.165) is 6.42 Å².